The lowest BCUT2D eigenvalue weighted by atomic mass is 9.79. The highest BCUT2D eigenvalue weighted by Crippen LogP contribution is 2.32. The van der Waals surface area contributed by atoms with Gasteiger partial charge < -0.3 is 10.6 Å². The Morgan fingerprint density at radius 1 is 1.38 bits per heavy atom. The fourth-order valence-corrected chi connectivity index (χ4v) is 2.57. The van der Waals surface area contributed by atoms with Crippen molar-refractivity contribution >= 4 is 5.91 Å². The minimum atomic E-state index is 0.271. The second-order valence-corrected chi connectivity index (χ2v) is 5.90. The van der Waals surface area contributed by atoms with Crippen LogP contribution in [0, 0.1) is 11.3 Å². The first-order chi connectivity index (χ1) is 7.63. The van der Waals surface area contributed by atoms with E-state index in [0.29, 0.717) is 11.8 Å². The number of rotatable bonds is 3. The Balaban J connectivity index is 1.77. The van der Waals surface area contributed by atoms with Gasteiger partial charge in [0.1, 0.15) is 0 Å². The summed E-state index contributed by atoms with van der Waals surface area (Å²) in [5.74, 6) is 1.07. The largest absolute Gasteiger partial charge is 0.343 e. The van der Waals surface area contributed by atoms with E-state index in [4.69, 9.17) is 5.73 Å². The molecule has 0 aromatic rings. The van der Waals surface area contributed by atoms with Crippen molar-refractivity contribution in [2.24, 2.45) is 17.1 Å². The van der Waals surface area contributed by atoms with Crippen LogP contribution in [0.2, 0.25) is 0 Å². The summed E-state index contributed by atoms with van der Waals surface area (Å²) in [4.78, 5) is 14.0. The van der Waals surface area contributed by atoms with Crippen LogP contribution in [0.3, 0.4) is 0 Å². The lowest BCUT2D eigenvalue weighted by Gasteiger charge is -2.39. The van der Waals surface area contributed by atoms with Gasteiger partial charge in [-0.15, -0.1) is 0 Å². The van der Waals surface area contributed by atoms with Crippen LogP contribution in [0.25, 0.3) is 0 Å². The number of carbonyl (C=O) groups excluding carboxylic acids is 1. The maximum absolute atomic E-state index is 12.0. The number of hydrogen-bond donors (Lipinski definition) is 1. The summed E-state index contributed by atoms with van der Waals surface area (Å²) < 4.78 is 0. The van der Waals surface area contributed by atoms with Gasteiger partial charge in [-0.25, -0.2) is 0 Å². The zero-order chi connectivity index (χ0) is 11.6. The summed E-state index contributed by atoms with van der Waals surface area (Å²) >= 11 is 0. The van der Waals surface area contributed by atoms with E-state index >= 15 is 0 Å². The minimum absolute atomic E-state index is 0.271. The fraction of sp³-hybridized carbons (Fsp3) is 0.923. The van der Waals surface area contributed by atoms with Crippen LogP contribution in [0.1, 0.15) is 45.4 Å². The van der Waals surface area contributed by atoms with E-state index in [1.807, 2.05) is 0 Å². The Hall–Kier alpha value is -0.570. The molecular weight excluding hydrogens is 200 g/mol. The van der Waals surface area contributed by atoms with E-state index in [-0.39, 0.29) is 5.41 Å². The highest BCUT2D eigenvalue weighted by molar-refractivity contribution is 5.76. The van der Waals surface area contributed by atoms with Gasteiger partial charge in [-0.2, -0.15) is 0 Å². The normalized spacial score (nSPS) is 25.2. The maximum atomic E-state index is 12.0. The Kier molecular flexibility index (Phi) is 3.53. The Morgan fingerprint density at radius 2 is 2.00 bits per heavy atom. The summed E-state index contributed by atoms with van der Waals surface area (Å²) in [6, 6.07) is 0. The number of carbonyl (C=O) groups is 1. The predicted molar refractivity (Wildman–Crippen MR) is 64.9 cm³/mol. The summed E-state index contributed by atoms with van der Waals surface area (Å²) in [5, 5.41) is 0. The molecule has 1 heterocycles. The van der Waals surface area contributed by atoms with E-state index in [0.717, 1.165) is 38.9 Å². The van der Waals surface area contributed by atoms with Crippen molar-refractivity contribution in [1.29, 1.82) is 0 Å². The zero-order valence-electron chi connectivity index (χ0n) is 10.4. The number of likely N-dealkylation sites (tertiary alicyclic amines) is 1. The Labute approximate surface area is 98.4 Å². The van der Waals surface area contributed by atoms with Crippen LogP contribution >= 0.6 is 0 Å². The van der Waals surface area contributed by atoms with Crippen LogP contribution in [-0.2, 0) is 4.79 Å². The zero-order valence-corrected chi connectivity index (χ0v) is 10.4. The first kappa shape index (κ1) is 11.9. The molecule has 0 radical (unpaired) electrons. The molecule has 1 saturated carbocycles. The molecule has 2 aliphatic rings. The number of hydrogen-bond acceptors (Lipinski definition) is 2. The lowest BCUT2D eigenvalue weighted by molar-refractivity contribution is -0.134. The average molecular weight is 224 g/mol. The van der Waals surface area contributed by atoms with Crippen molar-refractivity contribution in [3.63, 3.8) is 0 Å². The molecule has 3 heteroatoms. The van der Waals surface area contributed by atoms with Gasteiger partial charge in [0.2, 0.25) is 5.91 Å². The molecule has 0 bridgehead atoms. The second kappa shape index (κ2) is 4.74. The summed E-state index contributed by atoms with van der Waals surface area (Å²) in [6.45, 7) is 4.82. The summed E-state index contributed by atoms with van der Waals surface area (Å²) in [5.41, 5.74) is 6.04. The molecule has 1 aliphatic heterocycles. The quantitative estimate of drug-likeness (QED) is 0.794. The molecule has 0 unspecified atom stereocenters. The minimum Gasteiger partial charge on any atom is -0.343 e. The molecule has 2 rings (SSSR count). The van der Waals surface area contributed by atoms with Gasteiger partial charge in [0, 0.05) is 19.5 Å². The highest BCUT2D eigenvalue weighted by atomic mass is 16.2. The fourth-order valence-electron chi connectivity index (χ4n) is 2.57. The van der Waals surface area contributed by atoms with Gasteiger partial charge >= 0.3 is 0 Å². The highest BCUT2D eigenvalue weighted by Gasteiger charge is 2.31. The molecule has 0 atom stereocenters. The van der Waals surface area contributed by atoms with Crippen molar-refractivity contribution in [1.82, 2.24) is 4.90 Å². The van der Waals surface area contributed by atoms with E-state index in [2.05, 4.69) is 11.8 Å². The monoisotopic (exact) mass is 224 g/mol. The van der Waals surface area contributed by atoms with E-state index in [1.165, 1.54) is 19.3 Å². The molecular formula is C13H24N2O. The number of nitrogens with zero attached hydrogens (tertiary/aromatic N) is 1. The molecule has 3 nitrogen and oxygen atoms in total. The van der Waals surface area contributed by atoms with Crippen LogP contribution in [0.4, 0.5) is 0 Å². The molecule has 0 aromatic heterocycles. The van der Waals surface area contributed by atoms with Crippen molar-refractivity contribution in [3.8, 4) is 0 Å². The summed E-state index contributed by atoms with van der Waals surface area (Å²) in [6.07, 6.45) is 6.78. The molecule has 2 N–H and O–H groups in total. The number of piperidine rings is 1. The maximum Gasteiger partial charge on any atom is 0.222 e. The lowest BCUT2D eigenvalue weighted by Crippen LogP contribution is -2.45. The third-order valence-electron chi connectivity index (χ3n) is 4.50. The molecule has 16 heavy (non-hydrogen) atoms. The van der Waals surface area contributed by atoms with Crippen molar-refractivity contribution in [2.75, 3.05) is 19.6 Å². The van der Waals surface area contributed by atoms with Crippen molar-refractivity contribution in [3.05, 3.63) is 0 Å². The van der Waals surface area contributed by atoms with E-state index in [1.54, 1.807) is 0 Å². The smallest absolute Gasteiger partial charge is 0.222 e. The Bertz CT molecular complexity index is 253. The molecule has 1 amide bonds. The van der Waals surface area contributed by atoms with Crippen molar-refractivity contribution < 1.29 is 4.79 Å². The van der Waals surface area contributed by atoms with Crippen molar-refractivity contribution in [2.45, 2.75) is 45.4 Å². The van der Waals surface area contributed by atoms with Crippen LogP contribution in [-0.4, -0.2) is 30.4 Å². The van der Waals surface area contributed by atoms with Gasteiger partial charge in [-0.1, -0.05) is 13.3 Å². The third-order valence-corrected chi connectivity index (χ3v) is 4.50. The van der Waals surface area contributed by atoms with Gasteiger partial charge in [0.25, 0.3) is 0 Å². The van der Waals surface area contributed by atoms with Gasteiger partial charge in [-0.3, -0.25) is 4.79 Å². The van der Waals surface area contributed by atoms with Crippen LogP contribution in [0.5, 0.6) is 0 Å². The van der Waals surface area contributed by atoms with Gasteiger partial charge in [-0.05, 0) is 43.6 Å². The van der Waals surface area contributed by atoms with E-state index < -0.39 is 0 Å². The predicted octanol–water partition coefficient (Wildman–Crippen LogP) is 1.76. The van der Waals surface area contributed by atoms with E-state index in [9.17, 15) is 4.79 Å². The SMILES string of the molecule is CC1(CN)CCN(C(=O)CC2CCC2)CC1. The number of nitrogens with two attached hydrogens (primary N) is 1. The first-order valence-electron chi connectivity index (χ1n) is 6.61. The molecule has 1 saturated heterocycles. The second-order valence-electron chi connectivity index (χ2n) is 5.90. The molecule has 2 fully saturated rings. The molecule has 1 aliphatic carbocycles. The summed E-state index contributed by atoms with van der Waals surface area (Å²) in [7, 11) is 0. The first-order valence-corrected chi connectivity index (χ1v) is 6.61. The third kappa shape index (κ3) is 2.57. The van der Waals surface area contributed by atoms with Gasteiger partial charge in [0.05, 0.1) is 0 Å². The molecule has 0 spiro atoms. The molecule has 92 valence electrons. The molecule has 0 aromatic carbocycles. The van der Waals surface area contributed by atoms with Crippen LogP contribution < -0.4 is 5.73 Å². The van der Waals surface area contributed by atoms with Gasteiger partial charge in [0.15, 0.2) is 0 Å². The van der Waals surface area contributed by atoms with Crippen LogP contribution in [0.15, 0.2) is 0 Å². The average Bonchev–Trinajstić information content (AvgIpc) is 2.24. The Morgan fingerprint density at radius 3 is 2.44 bits per heavy atom. The topological polar surface area (TPSA) is 46.3 Å². The standard InChI is InChI=1S/C13H24N2O/c1-13(10-14)5-7-15(8-6-13)12(16)9-11-3-2-4-11/h11H,2-10,14H2,1H3. The number of amides is 1.